The molecule has 1 aromatic carbocycles. The maximum absolute atomic E-state index is 12.5. The lowest BCUT2D eigenvalue weighted by Crippen LogP contribution is -2.44. The highest BCUT2D eigenvalue weighted by Crippen LogP contribution is 2.18. The smallest absolute Gasteiger partial charge is 0.408 e. The van der Waals surface area contributed by atoms with Gasteiger partial charge < -0.3 is 20.1 Å². The van der Waals surface area contributed by atoms with Gasteiger partial charge >= 0.3 is 12.1 Å². The molecule has 7 heteroatoms. The number of hydrogen-bond acceptors (Lipinski definition) is 5. The van der Waals surface area contributed by atoms with E-state index in [0.29, 0.717) is 19.3 Å². The lowest BCUT2D eigenvalue weighted by Gasteiger charge is -2.23. The Balaban J connectivity index is 2.07. The van der Waals surface area contributed by atoms with Crippen LogP contribution in [-0.2, 0) is 19.1 Å². The number of esters is 1. The van der Waals surface area contributed by atoms with E-state index in [1.54, 1.807) is 26.8 Å². The minimum absolute atomic E-state index is 0.0579. The van der Waals surface area contributed by atoms with Crippen molar-refractivity contribution in [3.8, 4) is 0 Å². The molecule has 2 atom stereocenters. The van der Waals surface area contributed by atoms with Crippen molar-refractivity contribution in [3.63, 3.8) is 0 Å². The Labute approximate surface area is 171 Å². The third-order valence-corrected chi connectivity index (χ3v) is 4.24. The fraction of sp³-hybridized carbons (Fsp3) is 0.500. The van der Waals surface area contributed by atoms with Crippen LogP contribution in [0.1, 0.15) is 58.1 Å². The second kappa shape index (κ2) is 10.6. The number of carbonyl (C=O) groups is 3. The molecule has 0 saturated heterocycles. The summed E-state index contributed by atoms with van der Waals surface area (Å²) >= 11 is 0. The van der Waals surface area contributed by atoms with Gasteiger partial charge in [0.1, 0.15) is 11.6 Å². The fourth-order valence-electron chi connectivity index (χ4n) is 2.88. The minimum atomic E-state index is -0.847. The fourth-order valence-corrected chi connectivity index (χ4v) is 2.88. The predicted molar refractivity (Wildman–Crippen MR) is 109 cm³/mol. The molecule has 0 aliphatic carbocycles. The molecule has 29 heavy (non-hydrogen) atoms. The Bertz CT molecular complexity index is 724. The molecular weight excluding hydrogens is 372 g/mol. The summed E-state index contributed by atoms with van der Waals surface area (Å²) < 4.78 is 10.6. The molecule has 2 rings (SSSR count). The molecule has 1 aliphatic rings. The van der Waals surface area contributed by atoms with Gasteiger partial charge in [0.2, 0.25) is 5.91 Å². The van der Waals surface area contributed by atoms with Crippen molar-refractivity contribution in [2.45, 2.75) is 64.1 Å². The van der Waals surface area contributed by atoms with Gasteiger partial charge in [-0.2, -0.15) is 0 Å². The van der Waals surface area contributed by atoms with E-state index in [0.717, 1.165) is 5.56 Å². The summed E-state index contributed by atoms with van der Waals surface area (Å²) in [6.07, 6.45) is 4.52. The third kappa shape index (κ3) is 8.37. The molecule has 0 fully saturated rings. The zero-order chi connectivity index (χ0) is 21.3. The summed E-state index contributed by atoms with van der Waals surface area (Å²) in [4.78, 5) is 36.8. The first-order valence-electron chi connectivity index (χ1n) is 9.90. The van der Waals surface area contributed by atoms with E-state index in [2.05, 4.69) is 10.6 Å². The molecule has 0 unspecified atom stereocenters. The van der Waals surface area contributed by atoms with Crippen molar-refractivity contribution >= 4 is 18.0 Å². The van der Waals surface area contributed by atoms with Crippen LogP contribution in [0.3, 0.4) is 0 Å². The lowest BCUT2D eigenvalue weighted by atomic mass is 10.0. The number of hydrogen-bond donors (Lipinski definition) is 2. The summed E-state index contributed by atoms with van der Waals surface area (Å²) in [6, 6.07) is 8.47. The van der Waals surface area contributed by atoms with Crippen molar-refractivity contribution in [3.05, 3.63) is 48.0 Å². The third-order valence-electron chi connectivity index (χ3n) is 4.24. The van der Waals surface area contributed by atoms with Crippen LogP contribution >= 0.6 is 0 Å². The SMILES string of the molecule is CC(C)(C)OC(=O)N[C@@H]1C/C=C\CCC(=O)N[C@H](c2ccccc2)CCOC1=O. The van der Waals surface area contributed by atoms with Crippen LogP contribution < -0.4 is 10.6 Å². The average molecular weight is 402 g/mol. The van der Waals surface area contributed by atoms with E-state index in [4.69, 9.17) is 9.47 Å². The molecule has 1 heterocycles. The van der Waals surface area contributed by atoms with Crippen LogP contribution in [0.25, 0.3) is 0 Å². The number of rotatable bonds is 2. The zero-order valence-electron chi connectivity index (χ0n) is 17.3. The van der Waals surface area contributed by atoms with Gasteiger partial charge in [0.25, 0.3) is 0 Å². The van der Waals surface area contributed by atoms with Gasteiger partial charge in [-0.05, 0) is 39.2 Å². The second-order valence-electron chi connectivity index (χ2n) is 7.93. The highest BCUT2D eigenvalue weighted by molar-refractivity contribution is 5.81. The number of allylic oxidation sites excluding steroid dienone is 1. The van der Waals surface area contributed by atoms with Gasteiger partial charge in [-0.3, -0.25) is 4.79 Å². The average Bonchev–Trinajstić information content (AvgIpc) is 2.65. The normalized spacial score (nSPS) is 22.7. The Morgan fingerprint density at radius 3 is 2.59 bits per heavy atom. The summed E-state index contributed by atoms with van der Waals surface area (Å²) in [7, 11) is 0. The van der Waals surface area contributed by atoms with Gasteiger partial charge in [-0.25, -0.2) is 9.59 Å². The monoisotopic (exact) mass is 402 g/mol. The van der Waals surface area contributed by atoms with Crippen molar-refractivity contribution in [2.24, 2.45) is 0 Å². The van der Waals surface area contributed by atoms with Crippen LogP contribution in [-0.4, -0.2) is 36.2 Å². The minimum Gasteiger partial charge on any atom is -0.464 e. The maximum atomic E-state index is 12.5. The highest BCUT2D eigenvalue weighted by atomic mass is 16.6. The lowest BCUT2D eigenvalue weighted by molar-refractivity contribution is -0.146. The van der Waals surface area contributed by atoms with Crippen molar-refractivity contribution in [1.82, 2.24) is 10.6 Å². The Kier molecular flexibility index (Phi) is 8.24. The quantitative estimate of drug-likeness (QED) is 0.584. The zero-order valence-corrected chi connectivity index (χ0v) is 17.3. The van der Waals surface area contributed by atoms with Crippen LogP contribution in [0.4, 0.5) is 4.79 Å². The van der Waals surface area contributed by atoms with E-state index in [-0.39, 0.29) is 25.0 Å². The summed E-state index contributed by atoms with van der Waals surface area (Å²) in [6.45, 7) is 5.38. The summed E-state index contributed by atoms with van der Waals surface area (Å²) in [5.74, 6) is -0.588. The van der Waals surface area contributed by atoms with E-state index >= 15 is 0 Å². The van der Waals surface area contributed by atoms with Gasteiger partial charge in [0, 0.05) is 12.8 Å². The molecule has 0 saturated carbocycles. The van der Waals surface area contributed by atoms with Crippen molar-refractivity contribution < 1.29 is 23.9 Å². The number of ether oxygens (including phenoxy) is 2. The Hall–Kier alpha value is -2.83. The van der Waals surface area contributed by atoms with Gasteiger partial charge in [-0.15, -0.1) is 0 Å². The summed E-state index contributed by atoms with van der Waals surface area (Å²) in [5.41, 5.74) is 0.285. The van der Waals surface area contributed by atoms with Crippen molar-refractivity contribution in [2.75, 3.05) is 6.61 Å². The molecule has 2 N–H and O–H groups in total. The van der Waals surface area contributed by atoms with Crippen LogP contribution in [0.15, 0.2) is 42.5 Å². The van der Waals surface area contributed by atoms with Crippen LogP contribution in [0, 0.1) is 0 Å². The molecule has 7 nitrogen and oxygen atoms in total. The van der Waals surface area contributed by atoms with E-state index in [1.165, 1.54) is 0 Å². The van der Waals surface area contributed by atoms with E-state index < -0.39 is 23.7 Å². The first kappa shape index (κ1) is 22.5. The van der Waals surface area contributed by atoms with Gasteiger partial charge in [0.05, 0.1) is 12.6 Å². The number of carbonyl (C=O) groups excluding carboxylic acids is 3. The molecule has 0 bridgehead atoms. The summed E-state index contributed by atoms with van der Waals surface area (Å²) in [5, 5.41) is 5.58. The molecule has 2 amide bonds. The molecular formula is C22H30N2O5. The number of cyclic esters (lactones) is 1. The first-order valence-corrected chi connectivity index (χ1v) is 9.90. The first-order chi connectivity index (χ1) is 13.7. The maximum Gasteiger partial charge on any atom is 0.408 e. The second-order valence-corrected chi connectivity index (χ2v) is 7.93. The van der Waals surface area contributed by atoms with Crippen LogP contribution in [0.5, 0.6) is 0 Å². The van der Waals surface area contributed by atoms with Crippen LogP contribution in [0.2, 0.25) is 0 Å². The van der Waals surface area contributed by atoms with E-state index in [1.807, 2.05) is 36.4 Å². The van der Waals surface area contributed by atoms with E-state index in [9.17, 15) is 14.4 Å². The Morgan fingerprint density at radius 2 is 1.90 bits per heavy atom. The highest BCUT2D eigenvalue weighted by Gasteiger charge is 2.25. The molecule has 158 valence electrons. The number of benzene rings is 1. The molecule has 0 spiro atoms. The van der Waals surface area contributed by atoms with Crippen molar-refractivity contribution in [1.29, 1.82) is 0 Å². The largest absolute Gasteiger partial charge is 0.464 e. The number of amides is 2. The molecule has 1 aromatic rings. The predicted octanol–water partition coefficient (Wildman–Crippen LogP) is 3.41. The molecule has 0 aromatic heterocycles. The number of alkyl carbamates (subject to hydrolysis) is 1. The molecule has 0 radical (unpaired) electrons. The van der Waals surface area contributed by atoms with Gasteiger partial charge in [0.15, 0.2) is 0 Å². The topological polar surface area (TPSA) is 93.7 Å². The standard InChI is InChI=1S/C22H30N2O5/c1-22(2,3)29-21(27)24-18-12-8-5-9-13-19(25)23-17(14-15-28-20(18)26)16-10-6-4-7-11-16/h4-8,10-11,17-18H,9,12-15H2,1-3H3,(H,23,25)(H,24,27)/b8-5-/t17-,18+/m0/s1. The Morgan fingerprint density at radius 1 is 1.17 bits per heavy atom. The van der Waals surface area contributed by atoms with Gasteiger partial charge in [-0.1, -0.05) is 42.5 Å². The number of nitrogens with one attached hydrogen (secondary N) is 2. The molecule has 1 aliphatic heterocycles.